The first-order valence-electron chi connectivity index (χ1n) is 8.46. The molecular weight excluding hydrogens is 407 g/mol. The highest BCUT2D eigenvalue weighted by molar-refractivity contribution is 7.99. The van der Waals surface area contributed by atoms with Crippen LogP contribution in [0.3, 0.4) is 0 Å². The number of halogens is 2. The summed E-state index contributed by atoms with van der Waals surface area (Å²) in [6, 6.07) is 12.1. The van der Waals surface area contributed by atoms with Crippen molar-refractivity contribution in [2.24, 2.45) is 0 Å². The van der Waals surface area contributed by atoms with Gasteiger partial charge < -0.3 is 9.64 Å². The summed E-state index contributed by atoms with van der Waals surface area (Å²) in [5.74, 6) is 0.220. The van der Waals surface area contributed by atoms with Gasteiger partial charge in [-0.1, -0.05) is 22.9 Å². The maximum absolute atomic E-state index is 13.3. The molecule has 1 aliphatic rings. The topological polar surface area (TPSA) is 42.4 Å². The number of hydrogen-bond donors (Lipinski definition) is 0. The van der Waals surface area contributed by atoms with E-state index < -0.39 is 0 Å². The number of esters is 1. The minimum atomic E-state index is -0.260. The van der Waals surface area contributed by atoms with E-state index >= 15 is 0 Å². The smallest absolute Gasteiger partial charge is 0.307 e. The molecule has 0 bridgehead atoms. The third kappa shape index (κ3) is 4.54. The number of hydrogen-bond acceptors (Lipinski definition) is 6. The zero-order valence-electron chi connectivity index (χ0n) is 14.2. The van der Waals surface area contributed by atoms with Crippen molar-refractivity contribution in [2.45, 2.75) is 17.4 Å². The fourth-order valence-corrected chi connectivity index (χ4v) is 4.69. The predicted molar refractivity (Wildman–Crippen MR) is 108 cm³/mol. The summed E-state index contributed by atoms with van der Waals surface area (Å²) < 4.78 is 19.6. The molecule has 0 aliphatic carbocycles. The second-order valence-corrected chi connectivity index (χ2v) is 8.79. The minimum Gasteiger partial charge on any atom is -0.459 e. The molecule has 1 aliphatic heterocycles. The maximum Gasteiger partial charge on any atom is 0.307 e. The number of thiazole rings is 1. The first-order valence-corrected chi connectivity index (χ1v) is 10.6. The molecule has 4 rings (SSSR count). The molecule has 4 nitrogen and oxygen atoms in total. The molecule has 0 radical (unpaired) electrons. The van der Waals surface area contributed by atoms with Crippen LogP contribution in [0.1, 0.15) is 6.42 Å². The van der Waals surface area contributed by atoms with Crippen molar-refractivity contribution in [3.05, 3.63) is 53.3 Å². The van der Waals surface area contributed by atoms with Gasteiger partial charge in [-0.05, 0) is 42.5 Å². The van der Waals surface area contributed by atoms with Gasteiger partial charge >= 0.3 is 5.97 Å². The van der Waals surface area contributed by atoms with Crippen LogP contribution in [0, 0.1) is 5.82 Å². The lowest BCUT2D eigenvalue weighted by molar-refractivity contribution is -0.149. The summed E-state index contributed by atoms with van der Waals surface area (Å²) >= 11 is 8.91. The van der Waals surface area contributed by atoms with Crippen LogP contribution in [0.25, 0.3) is 10.2 Å². The molecule has 0 amide bonds. The van der Waals surface area contributed by atoms with Gasteiger partial charge in [-0.2, -0.15) is 0 Å². The van der Waals surface area contributed by atoms with E-state index in [0.29, 0.717) is 30.3 Å². The highest BCUT2D eigenvalue weighted by Gasteiger charge is 2.32. The summed E-state index contributed by atoms with van der Waals surface area (Å²) in [4.78, 5) is 19.6. The maximum atomic E-state index is 13.3. The molecule has 0 unspecified atom stereocenters. The van der Waals surface area contributed by atoms with Crippen LogP contribution in [0.2, 0.25) is 5.02 Å². The van der Waals surface area contributed by atoms with E-state index in [9.17, 15) is 9.18 Å². The van der Waals surface area contributed by atoms with Crippen LogP contribution in [0.4, 0.5) is 9.52 Å². The number of ether oxygens (including phenoxy) is 1. The average molecular weight is 423 g/mol. The number of nitrogens with zero attached hydrogens (tertiary/aromatic N) is 2. The Morgan fingerprint density at radius 1 is 1.30 bits per heavy atom. The molecule has 3 aromatic rings. The fraction of sp³-hybridized carbons (Fsp3) is 0.263. The third-order valence-corrected chi connectivity index (χ3v) is 6.49. The van der Waals surface area contributed by atoms with Gasteiger partial charge in [-0.15, -0.1) is 11.8 Å². The van der Waals surface area contributed by atoms with Crippen LogP contribution in [-0.4, -0.2) is 35.9 Å². The highest BCUT2D eigenvalue weighted by atomic mass is 35.5. The Morgan fingerprint density at radius 2 is 2.07 bits per heavy atom. The van der Waals surface area contributed by atoms with E-state index in [2.05, 4.69) is 4.98 Å². The first kappa shape index (κ1) is 18.5. The van der Waals surface area contributed by atoms with Crippen molar-refractivity contribution in [1.82, 2.24) is 4.98 Å². The van der Waals surface area contributed by atoms with Crippen molar-refractivity contribution in [1.29, 1.82) is 0 Å². The van der Waals surface area contributed by atoms with Crippen LogP contribution in [0.15, 0.2) is 47.4 Å². The molecule has 1 saturated heterocycles. The standard InChI is InChI=1S/C19H16ClFN2O2S2/c20-12-1-4-15(5-2-12)26-8-7-18(24)25-14-10-23(11-14)19-22-16-6-3-13(21)9-17(16)27-19/h1-6,9,14H,7-8,10-11H2. The zero-order chi connectivity index (χ0) is 18.8. The average Bonchev–Trinajstić information content (AvgIpc) is 3.02. The van der Waals surface area contributed by atoms with Gasteiger partial charge in [0.05, 0.1) is 29.7 Å². The number of anilines is 1. The monoisotopic (exact) mass is 422 g/mol. The van der Waals surface area contributed by atoms with Crippen molar-refractivity contribution < 1.29 is 13.9 Å². The van der Waals surface area contributed by atoms with Crippen molar-refractivity contribution >= 4 is 56.0 Å². The Labute approximate surface area is 169 Å². The highest BCUT2D eigenvalue weighted by Crippen LogP contribution is 2.32. The number of thioether (sulfide) groups is 1. The quantitative estimate of drug-likeness (QED) is 0.413. The molecule has 8 heteroatoms. The molecule has 27 heavy (non-hydrogen) atoms. The number of carbonyl (C=O) groups is 1. The molecule has 2 heterocycles. The van der Waals surface area contributed by atoms with E-state index in [1.807, 2.05) is 29.2 Å². The number of rotatable bonds is 6. The summed E-state index contributed by atoms with van der Waals surface area (Å²) in [7, 11) is 0. The van der Waals surface area contributed by atoms with E-state index in [1.165, 1.54) is 23.5 Å². The Kier molecular flexibility index (Phi) is 5.52. The molecule has 0 N–H and O–H groups in total. The van der Waals surface area contributed by atoms with Crippen LogP contribution in [-0.2, 0) is 9.53 Å². The molecule has 1 fully saturated rings. The largest absolute Gasteiger partial charge is 0.459 e. The molecule has 2 aromatic carbocycles. The Hall–Kier alpha value is -1.83. The number of fused-ring (bicyclic) bond motifs is 1. The minimum absolute atomic E-state index is 0.109. The lowest BCUT2D eigenvalue weighted by Gasteiger charge is -2.38. The molecule has 0 atom stereocenters. The van der Waals surface area contributed by atoms with E-state index in [-0.39, 0.29) is 17.9 Å². The molecule has 140 valence electrons. The predicted octanol–water partition coefficient (Wildman–Crippen LogP) is 5.00. The van der Waals surface area contributed by atoms with Crippen molar-refractivity contribution in [3.8, 4) is 0 Å². The summed E-state index contributed by atoms with van der Waals surface area (Å²) in [6.07, 6.45) is 0.256. The molecule has 0 saturated carbocycles. The molecule has 1 aromatic heterocycles. The van der Waals surface area contributed by atoms with Crippen LogP contribution >= 0.6 is 34.7 Å². The number of carbonyl (C=O) groups excluding carboxylic acids is 1. The second-order valence-electron chi connectivity index (χ2n) is 6.18. The normalized spacial score (nSPS) is 14.4. The Balaban J connectivity index is 1.21. The zero-order valence-corrected chi connectivity index (χ0v) is 16.6. The van der Waals surface area contributed by atoms with Gasteiger partial charge in [0, 0.05) is 15.7 Å². The number of benzene rings is 2. The van der Waals surface area contributed by atoms with Crippen LogP contribution in [0.5, 0.6) is 0 Å². The summed E-state index contributed by atoms with van der Waals surface area (Å²) in [5, 5.41) is 1.53. The SMILES string of the molecule is O=C(CCSc1ccc(Cl)cc1)OC1CN(c2nc3ccc(F)cc3s2)C1. The lowest BCUT2D eigenvalue weighted by Crippen LogP contribution is -2.53. The fourth-order valence-electron chi connectivity index (χ4n) is 2.72. The lowest BCUT2D eigenvalue weighted by atomic mass is 10.2. The van der Waals surface area contributed by atoms with Crippen molar-refractivity contribution in [3.63, 3.8) is 0 Å². The van der Waals surface area contributed by atoms with Gasteiger partial charge in [0.15, 0.2) is 5.13 Å². The van der Waals surface area contributed by atoms with Gasteiger partial charge in [0.1, 0.15) is 11.9 Å². The molecular formula is C19H16ClFN2O2S2. The summed E-state index contributed by atoms with van der Waals surface area (Å²) in [6.45, 7) is 1.25. The second kappa shape index (κ2) is 8.04. The van der Waals surface area contributed by atoms with Gasteiger partial charge in [0.25, 0.3) is 0 Å². The number of aromatic nitrogens is 1. The third-order valence-electron chi connectivity index (χ3n) is 4.14. The van der Waals surface area contributed by atoms with Crippen molar-refractivity contribution in [2.75, 3.05) is 23.7 Å². The van der Waals surface area contributed by atoms with Gasteiger partial charge in [0.2, 0.25) is 0 Å². The van der Waals surface area contributed by atoms with E-state index in [4.69, 9.17) is 16.3 Å². The van der Waals surface area contributed by atoms with E-state index in [0.717, 1.165) is 20.2 Å². The van der Waals surface area contributed by atoms with E-state index in [1.54, 1.807) is 17.8 Å². The van der Waals surface area contributed by atoms with Crippen LogP contribution < -0.4 is 4.90 Å². The summed E-state index contributed by atoms with van der Waals surface area (Å²) in [5.41, 5.74) is 0.788. The van der Waals surface area contributed by atoms with Gasteiger partial charge in [-0.3, -0.25) is 4.79 Å². The Bertz CT molecular complexity index is 958. The molecule has 0 spiro atoms. The van der Waals surface area contributed by atoms with Gasteiger partial charge in [-0.25, -0.2) is 9.37 Å². The first-order chi connectivity index (χ1) is 13.1. The Morgan fingerprint density at radius 3 is 2.85 bits per heavy atom.